The van der Waals surface area contributed by atoms with Gasteiger partial charge >= 0.3 is 0 Å². The highest BCUT2D eigenvalue weighted by atomic mass is 16.5. The summed E-state index contributed by atoms with van der Waals surface area (Å²) in [6.45, 7) is 18.9. The molecule has 4 aromatic carbocycles. The van der Waals surface area contributed by atoms with Crippen LogP contribution in [0.15, 0.2) is 95.6 Å². The van der Waals surface area contributed by atoms with Crippen molar-refractivity contribution in [1.82, 2.24) is 0 Å². The highest BCUT2D eigenvalue weighted by Gasteiger charge is 2.09. The summed E-state index contributed by atoms with van der Waals surface area (Å²) in [6.07, 6.45) is 23.2. The van der Waals surface area contributed by atoms with Gasteiger partial charge in [0.05, 0.1) is 73.1 Å². The van der Waals surface area contributed by atoms with Gasteiger partial charge in [0, 0.05) is 16.7 Å². The predicted octanol–water partition coefficient (Wildman–Crippen LogP) is 16.9. The van der Waals surface area contributed by atoms with Gasteiger partial charge in [0.15, 0.2) is 46.0 Å². The molecule has 0 fully saturated rings. The zero-order chi connectivity index (χ0) is 54.8. The highest BCUT2D eigenvalue weighted by Crippen LogP contribution is 2.32. The molecule has 0 spiro atoms. The van der Waals surface area contributed by atoms with Crippen LogP contribution in [0, 0.1) is 34.0 Å². The van der Waals surface area contributed by atoms with Gasteiger partial charge in [0.25, 0.3) is 0 Å². The van der Waals surface area contributed by atoms with Gasteiger partial charge in [-0.2, -0.15) is 15.8 Å². The van der Waals surface area contributed by atoms with Crippen LogP contribution < -0.4 is 37.9 Å². The average molecular weight is 1010 g/mol. The molecule has 0 atom stereocenters. The third kappa shape index (κ3) is 27.5. The molecule has 0 bridgehead atoms. The van der Waals surface area contributed by atoms with Crippen LogP contribution in [-0.4, -0.2) is 54.9 Å². The van der Waals surface area contributed by atoms with Crippen molar-refractivity contribution < 1.29 is 37.9 Å². The minimum Gasteiger partial charge on any atom is -0.493 e. The second-order valence-corrected chi connectivity index (χ2v) is 17.2. The van der Waals surface area contributed by atoms with E-state index in [1.807, 2.05) is 110 Å². The molecule has 11 heteroatoms. The number of ether oxygens (including phenoxy) is 8. The zero-order valence-electron chi connectivity index (χ0n) is 46.7. The van der Waals surface area contributed by atoms with Crippen molar-refractivity contribution in [2.24, 2.45) is 0 Å². The Kier molecular flexibility index (Phi) is 36.0. The number of unbranched alkanes of at least 4 members (excludes halogenated alkanes) is 8. The molecule has 0 saturated carbocycles. The molecule has 0 N–H and O–H groups in total. The number of methoxy groups -OCH3 is 4. The standard InChI is InChI=1S/3C16H21NO2.C15H22O2/c3*1-4-5-6-9-19-15-8-7-14(10-13(2)12-17)11-16(15)18-3;1-4-6-7-11-17-14-10-9-13(8-5-2)12-15(14)16-3/h3*7-8,10-11H,4-6,9H2,1-3H3;5,8-10,12H,4,6-7,11H2,1-3H3/b3*13-10-;8-5+. The maximum Gasteiger partial charge on any atom is 0.161 e. The first-order chi connectivity index (χ1) is 35.9. The summed E-state index contributed by atoms with van der Waals surface area (Å²) in [5.41, 5.74) is 5.95. The molecule has 11 nitrogen and oxygen atoms in total. The van der Waals surface area contributed by atoms with E-state index in [1.165, 1.54) is 51.4 Å². The van der Waals surface area contributed by atoms with Crippen LogP contribution in [0.25, 0.3) is 24.3 Å². The molecule has 400 valence electrons. The molecule has 0 unspecified atom stereocenters. The number of rotatable bonds is 28. The van der Waals surface area contributed by atoms with Crippen molar-refractivity contribution in [1.29, 1.82) is 15.8 Å². The number of hydrogen-bond donors (Lipinski definition) is 0. The van der Waals surface area contributed by atoms with Gasteiger partial charge in [-0.3, -0.25) is 0 Å². The maximum absolute atomic E-state index is 8.77. The lowest BCUT2D eigenvalue weighted by molar-refractivity contribution is 0.286. The Balaban J connectivity index is 0.000000494. The first kappa shape index (κ1) is 64.7. The SMILES string of the molecule is C/C=C/c1ccc(OCCCCC)c(OC)c1.CCCCCOc1ccc(/C=C(/C)C#N)cc1OC.CCCCCOc1ccc(/C=C(/C)C#N)cc1OC.CCCCCOc1ccc(/C=C(/C)C#N)cc1OC. The van der Waals surface area contributed by atoms with Gasteiger partial charge in [0.1, 0.15) is 0 Å². The van der Waals surface area contributed by atoms with E-state index in [1.54, 1.807) is 49.2 Å². The fourth-order valence-electron chi connectivity index (χ4n) is 6.76. The normalized spacial score (nSPS) is 10.9. The number of benzene rings is 4. The summed E-state index contributed by atoms with van der Waals surface area (Å²) in [6, 6.07) is 29.4. The van der Waals surface area contributed by atoms with Crippen LogP contribution >= 0.6 is 0 Å². The number of nitriles is 3. The third-order valence-corrected chi connectivity index (χ3v) is 10.8. The van der Waals surface area contributed by atoms with E-state index in [0.717, 1.165) is 83.3 Å². The van der Waals surface area contributed by atoms with Gasteiger partial charge in [-0.1, -0.05) is 115 Å². The first-order valence-corrected chi connectivity index (χ1v) is 26.1. The lowest BCUT2D eigenvalue weighted by Gasteiger charge is -2.11. The summed E-state index contributed by atoms with van der Waals surface area (Å²) < 4.78 is 44.1. The second kappa shape index (κ2) is 41.2. The monoisotopic (exact) mass is 1010 g/mol. The van der Waals surface area contributed by atoms with Crippen molar-refractivity contribution >= 4 is 24.3 Å². The van der Waals surface area contributed by atoms with E-state index >= 15 is 0 Å². The van der Waals surface area contributed by atoms with Gasteiger partial charge in [-0.05, 0) is 142 Å². The second-order valence-electron chi connectivity index (χ2n) is 17.2. The smallest absolute Gasteiger partial charge is 0.161 e. The molecule has 0 saturated heterocycles. The number of allylic oxidation sites excluding steroid dienone is 4. The summed E-state index contributed by atoms with van der Waals surface area (Å²) >= 11 is 0. The summed E-state index contributed by atoms with van der Waals surface area (Å²) in [5, 5.41) is 26.3. The quantitative estimate of drug-likeness (QED) is 0.0396. The Labute approximate surface area is 445 Å². The molecule has 0 aliphatic heterocycles. The summed E-state index contributed by atoms with van der Waals surface area (Å²) in [7, 11) is 6.55. The molecule has 0 aliphatic carbocycles. The van der Waals surface area contributed by atoms with Crippen LogP contribution in [0.5, 0.6) is 46.0 Å². The topological polar surface area (TPSA) is 145 Å². The van der Waals surface area contributed by atoms with Crippen molar-refractivity contribution in [3.8, 4) is 64.2 Å². The fourth-order valence-corrected chi connectivity index (χ4v) is 6.76. The van der Waals surface area contributed by atoms with Crippen LogP contribution in [-0.2, 0) is 0 Å². The van der Waals surface area contributed by atoms with Crippen molar-refractivity contribution in [2.45, 2.75) is 132 Å². The Bertz CT molecular complexity index is 2240. The third-order valence-electron chi connectivity index (χ3n) is 10.8. The fraction of sp³-hybridized carbons (Fsp3) is 0.444. The molecular formula is C63H85N3O8. The molecule has 0 radical (unpaired) electrons. The number of nitrogens with zero attached hydrogens (tertiary/aromatic N) is 3. The highest BCUT2D eigenvalue weighted by molar-refractivity contribution is 5.62. The van der Waals surface area contributed by atoms with Crippen molar-refractivity contribution in [3.63, 3.8) is 0 Å². The van der Waals surface area contributed by atoms with E-state index in [9.17, 15) is 0 Å². The maximum atomic E-state index is 8.77. The molecule has 0 aromatic heterocycles. The van der Waals surface area contributed by atoms with E-state index in [2.05, 4.69) is 45.9 Å². The first-order valence-electron chi connectivity index (χ1n) is 26.1. The van der Waals surface area contributed by atoms with Gasteiger partial charge < -0.3 is 37.9 Å². The van der Waals surface area contributed by atoms with Crippen LogP contribution in [0.3, 0.4) is 0 Å². The molecule has 0 amide bonds. The Morgan fingerprint density at radius 1 is 0.378 bits per heavy atom. The predicted molar refractivity (Wildman–Crippen MR) is 305 cm³/mol. The van der Waals surface area contributed by atoms with Gasteiger partial charge in [0.2, 0.25) is 0 Å². The molecule has 0 heterocycles. The largest absolute Gasteiger partial charge is 0.493 e. The molecule has 4 aromatic rings. The van der Waals surface area contributed by atoms with Gasteiger partial charge in [-0.15, -0.1) is 0 Å². The Morgan fingerprint density at radius 3 is 0.838 bits per heavy atom. The lowest BCUT2D eigenvalue weighted by Crippen LogP contribution is -1.99. The molecule has 0 aliphatic rings. The zero-order valence-corrected chi connectivity index (χ0v) is 46.7. The minimum atomic E-state index is 0.665. The number of hydrogen-bond acceptors (Lipinski definition) is 11. The van der Waals surface area contributed by atoms with Gasteiger partial charge in [-0.25, -0.2) is 0 Å². The Hall–Kier alpha value is -7.29. The lowest BCUT2D eigenvalue weighted by atomic mass is 10.1. The van der Waals surface area contributed by atoms with Crippen LogP contribution in [0.2, 0.25) is 0 Å². The average Bonchev–Trinajstić information content (AvgIpc) is 3.42. The summed E-state index contributed by atoms with van der Waals surface area (Å²) in [5.74, 6) is 6.01. The Morgan fingerprint density at radius 2 is 0.622 bits per heavy atom. The van der Waals surface area contributed by atoms with Crippen LogP contribution in [0.1, 0.15) is 155 Å². The molecule has 74 heavy (non-hydrogen) atoms. The molecule has 4 rings (SSSR count). The molecular weight excluding hydrogens is 927 g/mol. The van der Waals surface area contributed by atoms with Crippen LogP contribution in [0.4, 0.5) is 0 Å². The van der Waals surface area contributed by atoms with Crippen molar-refractivity contribution in [3.05, 3.63) is 118 Å². The van der Waals surface area contributed by atoms with E-state index < -0.39 is 0 Å². The van der Waals surface area contributed by atoms with E-state index in [0.29, 0.717) is 53.8 Å². The van der Waals surface area contributed by atoms with E-state index in [4.69, 9.17) is 53.7 Å². The van der Waals surface area contributed by atoms with E-state index in [-0.39, 0.29) is 0 Å². The minimum absolute atomic E-state index is 0.665. The summed E-state index contributed by atoms with van der Waals surface area (Å²) in [4.78, 5) is 0. The van der Waals surface area contributed by atoms with Crippen molar-refractivity contribution in [2.75, 3.05) is 54.9 Å².